The molecular weight excluding hydrogens is 396 g/mol. The highest BCUT2D eigenvalue weighted by Gasteiger charge is 2.37. The summed E-state index contributed by atoms with van der Waals surface area (Å²) >= 11 is 0. The Morgan fingerprint density at radius 2 is 1.53 bits per heavy atom. The Morgan fingerprint density at radius 1 is 0.938 bits per heavy atom. The number of alkyl carbamates (subject to hydrolysis) is 1. The van der Waals surface area contributed by atoms with Crippen LogP contribution in [0.5, 0.6) is 0 Å². The van der Waals surface area contributed by atoms with E-state index < -0.39 is 11.1 Å². The van der Waals surface area contributed by atoms with E-state index in [-0.39, 0.29) is 6.09 Å². The summed E-state index contributed by atoms with van der Waals surface area (Å²) in [4.78, 5) is 17.4. The SMILES string of the molecule is CC(C)(C)OC(=O)NC1(C)CCc2cc(N=C(c3ccccc3)c3ccccc3)ccc21. The van der Waals surface area contributed by atoms with E-state index >= 15 is 0 Å². The van der Waals surface area contributed by atoms with Crippen LogP contribution in [0.2, 0.25) is 0 Å². The van der Waals surface area contributed by atoms with Gasteiger partial charge in [-0.1, -0.05) is 66.7 Å². The Kier molecular flexibility index (Phi) is 5.88. The molecule has 0 radical (unpaired) electrons. The fraction of sp³-hybridized carbons (Fsp3) is 0.286. The Hall–Kier alpha value is -3.40. The highest BCUT2D eigenvalue weighted by molar-refractivity contribution is 6.13. The summed E-state index contributed by atoms with van der Waals surface area (Å²) in [7, 11) is 0. The second-order valence-electron chi connectivity index (χ2n) is 9.49. The lowest BCUT2D eigenvalue weighted by atomic mass is 9.94. The number of aryl methyl sites for hydroxylation is 1. The van der Waals surface area contributed by atoms with Crippen LogP contribution in [0.3, 0.4) is 0 Å². The molecule has 0 spiro atoms. The number of nitrogens with zero attached hydrogens (tertiary/aromatic N) is 1. The zero-order valence-corrected chi connectivity index (χ0v) is 19.2. The molecule has 164 valence electrons. The van der Waals surface area contributed by atoms with Gasteiger partial charge in [-0.3, -0.25) is 0 Å². The Bertz CT molecular complexity index is 1090. The molecule has 0 saturated carbocycles. The molecule has 0 heterocycles. The van der Waals surface area contributed by atoms with Gasteiger partial charge in [0.25, 0.3) is 0 Å². The van der Waals surface area contributed by atoms with Gasteiger partial charge in [0.15, 0.2) is 0 Å². The van der Waals surface area contributed by atoms with Crippen LogP contribution in [-0.4, -0.2) is 17.4 Å². The molecule has 0 aliphatic heterocycles. The van der Waals surface area contributed by atoms with Crippen LogP contribution in [0, 0.1) is 0 Å². The summed E-state index contributed by atoms with van der Waals surface area (Å²) in [6.07, 6.45) is 1.33. The van der Waals surface area contributed by atoms with Crippen molar-refractivity contribution in [1.82, 2.24) is 5.32 Å². The molecule has 0 bridgehead atoms. The van der Waals surface area contributed by atoms with Gasteiger partial charge in [0.2, 0.25) is 0 Å². The van der Waals surface area contributed by atoms with Crippen molar-refractivity contribution in [3.05, 3.63) is 101 Å². The molecule has 1 aliphatic rings. The van der Waals surface area contributed by atoms with Gasteiger partial charge in [-0.15, -0.1) is 0 Å². The number of carbonyl (C=O) groups excluding carboxylic acids is 1. The molecule has 32 heavy (non-hydrogen) atoms. The quantitative estimate of drug-likeness (QED) is 0.482. The van der Waals surface area contributed by atoms with Crippen molar-refractivity contribution >= 4 is 17.5 Å². The van der Waals surface area contributed by atoms with Gasteiger partial charge >= 0.3 is 6.09 Å². The first-order chi connectivity index (χ1) is 15.2. The Balaban J connectivity index is 1.65. The third-order valence-electron chi connectivity index (χ3n) is 5.69. The second-order valence-corrected chi connectivity index (χ2v) is 9.49. The van der Waals surface area contributed by atoms with E-state index in [0.717, 1.165) is 40.9 Å². The highest BCUT2D eigenvalue weighted by atomic mass is 16.6. The molecule has 0 aromatic heterocycles. The van der Waals surface area contributed by atoms with Gasteiger partial charge in [-0.2, -0.15) is 0 Å². The van der Waals surface area contributed by atoms with E-state index in [4.69, 9.17) is 9.73 Å². The zero-order valence-electron chi connectivity index (χ0n) is 19.2. The number of fused-ring (bicyclic) bond motifs is 1. The van der Waals surface area contributed by atoms with Crippen molar-refractivity contribution < 1.29 is 9.53 Å². The fourth-order valence-electron chi connectivity index (χ4n) is 4.19. The van der Waals surface area contributed by atoms with Crippen molar-refractivity contribution in [2.24, 2.45) is 4.99 Å². The van der Waals surface area contributed by atoms with Gasteiger partial charge in [0.1, 0.15) is 5.60 Å². The van der Waals surface area contributed by atoms with E-state index in [1.807, 2.05) is 63.2 Å². The topological polar surface area (TPSA) is 50.7 Å². The van der Waals surface area contributed by atoms with E-state index in [0.29, 0.717) is 0 Å². The van der Waals surface area contributed by atoms with Gasteiger partial charge in [0.05, 0.1) is 16.9 Å². The highest BCUT2D eigenvalue weighted by Crippen LogP contribution is 2.38. The smallest absolute Gasteiger partial charge is 0.408 e. The minimum absolute atomic E-state index is 0.384. The van der Waals surface area contributed by atoms with Crippen molar-refractivity contribution in [3.8, 4) is 0 Å². The van der Waals surface area contributed by atoms with Crippen LogP contribution in [-0.2, 0) is 16.7 Å². The zero-order chi connectivity index (χ0) is 22.8. The first-order valence-electron chi connectivity index (χ1n) is 11.1. The van der Waals surface area contributed by atoms with Crippen molar-refractivity contribution in [2.75, 3.05) is 0 Å². The fourth-order valence-corrected chi connectivity index (χ4v) is 4.19. The predicted molar refractivity (Wildman–Crippen MR) is 130 cm³/mol. The molecule has 0 fully saturated rings. The molecule has 4 nitrogen and oxygen atoms in total. The average Bonchev–Trinajstić information content (AvgIpc) is 3.07. The molecule has 1 N–H and O–H groups in total. The summed E-state index contributed by atoms with van der Waals surface area (Å²) in [5.74, 6) is 0. The number of aliphatic imine (C=N–C) groups is 1. The van der Waals surface area contributed by atoms with Gasteiger partial charge < -0.3 is 10.1 Å². The lowest BCUT2D eigenvalue weighted by Gasteiger charge is -2.29. The van der Waals surface area contributed by atoms with Crippen LogP contribution >= 0.6 is 0 Å². The van der Waals surface area contributed by atoms with Crippen LogP contribution in [0.15, 0.2) is 83.9 Å². The number of rotatable bonds is 4. The van der Waals surface area contributed by atoms with Gasteiger partial charge in [-0.05, 0) is 63.8 Å². The van der Waals surface area contributed by atoms with E-state index in [9.17, 15) is 4.79 Å². The van der Waals surface area contributed by atoms with E-state index in [1.165, 1.54) is 5.56 Å². The van der Waals surface area contributed by atoms with Crippen molar-refractivity contribution in [2.45, 2.75) is 51.7 Å². The Labute approximate surface area is 190 Å². The maximum absolute atomic E-state index is 12.4. The first-order valence-corrected chi connectivity index (χ1v) is 11.1. The third-order valence-corrected chi connectivity index (χ3v) is 5.69. The predicted octanol–water partition coefficient (Wildman–Crippen LogP) is 6.54. The molecule has 4 rings (SSSR count). The molecule has 0 saturated heterocycles. The van der Waals surface area contributed by atoms with E-state index in [1.54, 1.807) is 0 Å². The summed E-state index contributed by atoms with van der Waals surface area (Å²) in [5.41, 5.74) is 5.39. The number of hydrogen-bond donors (Lipinski definition) is 1. The molecule has 3 aromatic rings. The summed E-state index contributed by atoms with van der Waals surface area (Å²) in [5, 5.41) is 3.08. The molecule has 1 aliphatic carbocycles. The summed E-state index contributed by atoms with van der Waals surface area (Å²) in [6, 6.07) is 26.8. The summed E-state index contributed by atoms with van der Waals surface area (Å²) < 4.78 is 5.48. The minimum atomic E-state index is -0.522. The Morgan fingerprint density at radius 3 is 2.09 bits per heavy atom. The molecular formula is C28H30N2O2. The molecule has 1 amide bonds. The average molecular weight is 427 g/mol. The number of carbonyl (C=O) groups is 1. The van der Waals surface area contributed by atoms with Crippen LogP contribution in [0.1, 0.15) is 56.4 Å². The number of hydrogen-bond acceptors (Lipinski definition) is 3. The molecule has 1 unspecified atom stereocenters. The molecule has 3 aromatic carbocycles. The number of benzene rings is 3. The van der Waals surface area contributed by atoms with Crippen LogP contribution in [0.25, 0.3) is 0 Å². The second kappa shape index (κ2) is 8.62. The number of ether oxygens (including phenoxy) is 1. The maximum atomic E-state index is 12.4. The molecule has 4 heteroatoms. The lowest BCUT2D eigenvalue weighted by Crippen LogP contribution is -2.44. The summed E-state index contributed by atoms with van der Waals surface area (Å²) in [6.45, 7) is 7.68. The number of amides is 1. The molecule has 1 atom stereocenters. The van der Waals surface area contributed by atoms with E-state index in [2.05, 4.69) is 48.6 Å². The van der Waals surface area contributed by atoms with Crippen molar-refractivity contribution in [1.29, 1.82) is 0 Å². The maximum Gasteiger partial charge on any atom is 0.408 e. The minimum Gasteiger partial charge on any atom is -0.444 e. The number of nitrogens with one attached hydrogen (secondary N) is 1. The standard InChI is InChI=1S/C28H30N2O2/c1-27(2,3)32-26(31)30-28(4)18-17-22-19-23(15-16-24(22)28)29-25(20-11-7-5-8-12-20)21-13-9-6-10-14-21/h5-16,19H,17-18H2,1-4H3,(H,30,31). The van der Waals surface area contributed by atoms with Gasteiger partial charge in [0, 0.05) is 11.1 Å². The monoisotopic (exact) mass is 426 g/mol. The van der Waals surface area contributed by atoms with Crippen LogP contribution < -0.4 is 5.32 Å². The normalized spacial score (nSPS) is 17.4. The first kappa shape index (κ1) is 21.8. The third kappa shape index (κ3) is 4.91. The largest absolute Gasteiger partial charge is 0.444 e. The van der Waals surface area contributed by atoms with Crippen LogP contribution in [0.4, 0.5) is 10.5 Å². The van der Waals surface area contributed by atoms with Crippen molar-refractivity contribution in [3.63, 3.8) is 0 Å². The van der Waals surface area contributed by atoms with Gasteiger partial charge in [-0.25, -0.2) is 9.79 Å². The lowest BCUT2D eigenvalue weighted by molar-refractivity contribution is 0.0461.